The van der Waals surface area contributed by atoms with Gasteiger partial charge in [0.1, 0.15) is 0 Å². The minimum atomic E-state index is 0.400. The summed E-state index contributed by atoms with van der Waals surface area (Å²) in [7, 11) is 0. The predicted molar refractivity (Wildman–Crippen MR) is 66.7 cm³/mol. The van der Waals surface area contributed by atoms with Gasteiger partial charge in [0.25, 0.3) is 0 Å². The fourth-order valence-electron chi connectivity index (χ4n) is 2.53. The maximum atomic E-state index is 3.47. The molecule has 1 N–H and O–H groups in total. The predicted octanol–water partition coefficient (Wildman–Crippen LogP) is 3.20. The van der Waals surface area contributed by atoms with Gasteiger partial charge in [0.15, 0.2) is 0 Å². The Morgan fingerprint density at radius 2 is 1.69 bits per heavy atom. The van der Waals surface area contributed by atoms with Crippen molar-refractivity contribution in [3.05, 3.63) is 72.5 Å². The van der Waals surface area contributed by atoms with Gasteiger partial charge in [-0.05, 0) is 11.8 Å². The highest BCUT2D eigenvalue weighted by Gasteiger charge is 2.28. The van der Waals surface area contributed by atoms with Gasteiger partial charge in [-0.15, -0.1) is 0 Å². The first-order valence-corrected chi connectivity index (χ1v) is 5.78. The smallest absolute Gasteiger partial charge is 0.0579 e. The van der Waals surface area contributed by atoms with Crippen molar-refractivity contribution in [2.24, 2.45) is 11.8 Å². The van der Waals surface area contributed by atoms with E-state index in [2.05, 4.69) is 72.2 Å². The van der Waals surface area contributed by atoms with Crippen molar-refractivity contribution in [3.63, 3.8) is 0 Å². The molecule has 2 aliphatic rings. The average Bonchev–Trinajstić information content (AvgIpc) is 2.39. The monoisotopic (exact) mass is 209 g/mol. The summed E-state index contributed by atoms with van der Waals surface area (Å²) in [5.41, 5.74) is 1.36. The van der Waals surface area contributed by atoms with Gasteiger partial charge in [-0.1, -0.05) is 60.7 Å². The van der Waals surface area contributed by atoms with E-state index in [9.17, 15) is 0 Å². The summed E-state index contributed by atoms with van der Waals surface area (Å²) in [5, 5.41) is 3.47. The van der Waals surface area contributed by atoms with Crippen LogP contribution in [0.15, 0.2) is 66.9 Å². The first kappa shape index (κ1) is 9.46. The van der Waals surface area contributed by atoms with Crippen LogP contribution in [0.4, 0.5) is 0 Å². The third-order valence-electron chi connectivity index (χ3n) is 3.36. The van der Waals surface area contributed by atoms with Gasteiger partial charge in [0.05, 0.1) is 6.04 Å². The fourth-order valence-corrected chi connectivity index (χ4v) is 2.53. The number of allylic oxidation sites excluding steroid dienone is 4. The molecule has 0 radical (unpaired) electrons. The molecule has 0 aromatic heterocycles. The van der Waals surface area contributed by atoms with E-state index in [0.29, 0.717) is 17.9 Å². The summed E-state index contributed by atoms with van der Waals surface area (Å²) in [6, 6.07) is 11.1. The van der Waals surface area contributed by atoms with Gasteiger partial charge >= 0.3 is 0 Å². The summed E-state index contributed by atoms with van der Waals surface area (Å²) in [5.74, 6) is 1.08. The molecule has 1 aliphatic heterocycles. The molecule has 0 saturated carbocycles. The average molecular weight is 209 g/mol. The SMILES string of the molecule is C1=CC2C=CNC(c3ccccc3)C2C=C1. The van der Waals surface area contributed by atoms with Crippen molar-refractivity contribution in [1.82, 2.24) is 5.32 Å². The number of benzene rings is 1. The maximum absolute atomic E-state index is 3.47. The van der Waals surface area contributed by atoms with E-state index in [1.54, 1.807) is 0 Å². The second-order valence-corrected chi connectivity index (χ2v) is 4.34. The molecule has 1 heteroatoms. The highest BCUT2D eigenvalue weighted by molar-refractivity contribution is 5.29. The molecule has 3 unspecified atom stereocenters. The molecule has 1 aliphatic carbocycles. The summed E-state index contributed by atoms with van der Waals surface area (Å²) in [6.07, 6.45) is 13.2. The lowest BCUT2D eigenvalue weighted by Crippen LogP contribution is -2.32. The molecular formula is C15H15N. The zero-order valence-electron chi connectivity index (χ0n) is 9.08. The Morgan fingerprint density at radius 3 is 2.56 bits per heavy atom. The molecule has 0 bridgehead atoms. The van der Waals surface area contributed by atoms with E-state index in [-0.39, 0.29) is 0 Å². The molecule has 0 saturated heterocycles. The Kier molecular flexibility index (Phi) is 2.37. The van der Waals surface area contributed by atoms with Crippen molar-refractivity contribution in [2.45, 2.75) is 6.04 Å². The second-order valence-electron chi connectivity index (χ2n) is 4.34. The summed E-state index contributed by atoms with van der Waals surface area (Å²) >= 11 is 0. The normalized spacial score (nSPS) is 30.9. The Hall–Kier alpha value is -1.76. The van der Waals surface area contributed by atoms with Gasteiger partial charge in [-0.25, -0.2) is 0 Å². The van der Waals surface area contributed by atoms with Crippen molar-refractivity contribution in [2.75, 3.05) is 0 Å². The van der Waals surface area contributed by atoms with E-state index in [1.165, 1.54) is 5.56 Å². The zero-order valence-corrected chi connectivity index (χ0v) is 9.08. The first-order valence-electron chi connectivity index (χ1n) is 5.78. The Morgan fingerprint density at radius 1 is 0.875 bits per heavy atom. The van der Waals surface area contributed by atoms with Crippen LogP contribution in [0.5, 0.6) is 0 Å². The molecule has 3 rings (SSSR count). The van der Waals surface area contributed by atoms with E-state index in [0.717, 1.165) is 0 Å². The van der Waals surface area contributed by atoms with E-state index < -0.39 is 0 Å². The molecule has 1 heterocycles. The number of hydrogen-bond acceptors (Lipinski definition) is 1. The topological polar surface area (TPSA) is 12.0 Å². The molecule has 1 nitrogen and oxygen atoms in total. The van der Waals surface area contributed by atoms with Gasteiger partial charge in [0, 0.05) is 11.8 Å². The third kappa shape index (κ3) is 1.58. The Bertz CT molecular complexity index is 442. The minimum Gasteiger partial charge on any atom is -0.384 e. The quantitative estimate of drug-likeness (QED) is 0.749. The zero-order chi connectivity index (χ0) is 10.8. The summed E-state index contributed by atoms with van der Waals surface area (Å²) in [4.78, 5) is 0. The summed E-state index contributed by atoms with van der Waals surface area (Å²) in [6.45, 7) is 0. The van der Waals surface area contributed by atoms with Crippen molar-refractivity contribution in [3.8, 4) is 0 Å². The van der Waals surface area contributed by atoms with Crippen LogP contribution in [0.1, 0.15) is 11.6 Å². The van der Waals surface area contributed by atoms with Crippen LogP contribution < -0.4 is 5.32 Å². The number of rotatable bonds is 1. The Labute approximate surface area is 96.2 Å². The largest absolute Gasteiger partial charge is 0.384 e. The molecule has 0 spiro atoms. The second kappa shape index (κ2) is 4.01. The van der Waals surface area contributed by atoms with Crippen LogP contribution in [0.2, 0.25) is 0 Å². The molecule has 1 aromatic carbocycles. The van der Waals surface area contributed by atoms with E-state index in [1.807, 2.05) is 0 Å². The lowest BCUT2D eigenvalue weighted by atomic mass is 9.78. The standard InChI is InChI=1S/C15H15N/c1-2-7-13(8-3-1)15-14-9-5-4-6-12(14)10-11-16-15/h1-12,14-16H. The van der Waals surface area contributed by atoms with Crippen LogP contribution in [0.3, 0.4) is 0 Å². The van der Waals surface area contributed by atoms with Gasteiger partial charge in [-0.3, -0.25) is 0 Å². The molecule has 1 aromatic rings. The third-order valence-corrected chi connectivity index (χ3v) is 3.36. The minimum absolute atomic E-state index is 0.400. The van der Waals surface area contributed by atoms with Crippen molar-refractivity contribution in [1.29, 1.82) is 0 Å². The van der Waals surface area contributed by atoms with E-state index >= 15 is 0 Å². The van der Waals surface area contributed by atoms with Gasteiger partial charge in [0.2, 0.25) is 0 Å². The maximum Gasteiger partial charge on any atom is 0.0579 e. The lowest BCUT2D eigenvalue weighted by Gasteiger charge is -2.34. The highest BCUT2D eigenvalue weighted by Crippen LogP contribution is 2.35. The van der Waals surface area contributed by atoms with Gasteiger partial charge < -0.3 is 5.32 Å². The molecule has 3 atom stereocenters. The van der Waals surface area contributed by atoms with Crippen LogP contribution in [0, 0.1) is 11.8 Å². The van der Waals surface area contributed by atoms with Crippen LogP contribution in [0.25, 0.3) is 0 Å². The van der Waals surface area contributed by atoms with Crippen LogP contribution >= 0.6 is 0 Å². The van der Waals surface area contributed by atoms with E-state index in [4.69, 9.17) is 0 Å². The van der Waals surface area contributed by atoms with Crippen molar-refractivity contribution < 1.29 is 0 Å². The summed E-state index contributed by atoms with van der Waals surface area (Å²) < 4.78 is 0. The molecule has 0 fully saturated rings. The molecule has 16 heavy (non-hydrogen) atoms. The highest BCUT2D eigenvalue weighted by atomic mass is 14.9. The molecular weight excluding hydrogens is 194 g/mol. The fraction of sp³-hybridized carbons (Fsp3) is 0.200. The van der Waals surface area contributed by atoms with Crippen molar-refractivity contribution >= 4 is 0 Å². The number of fused-ring (bicyclic) bond motifs is 1. The molecule has 80 valence electrons. The van der Waals surface area contributed by atoms with Crippen LogP contribution in [-0.2, 0) is 0 Å². The number of nitrogens with one attached hydrogen (secondary N) is 1. The number of hydrogen-bond donors (Lipinski definition) is 1. The lowest BCUT2D eigenvalue weighted by molar-refractivity contribution is 0.389. The van der Waals surface area contributed by atoms with Crippen LogP contribution in [-0.4, -0.2) is 0 Å². The first-order chi connectivity index (χ1) is 7.95. The molecule has 0 amide bonds. The Balaban J connectivity index is 1.94. The van der Waals surface area contributed by atoms with Gasteiger partial charge in [-0.2, -0.15) is 0 Å².